The SMILES string of the molecule is N=C(N)c1cn(-c2ccccc2)nn1. The van der Waals surface area contributed by atoms with E-state index in [1.165, 1.54) is 0 Å². The Hall–Kier alpha value is -2.17. The molecule has 5 heteroatoms. The van der Waals surface area contributed by atoms with E-state index in [0.29, 0.717) is 5.69 Å². The lowest BCUT2D eigenvalue weighted by molar-refractivity contribution is 0.802. The van der Waals surface area contributed by atoms with Crippen molar-refractivity contribution in [3.05, 3.63) is 42.2 Å². The summed E-state index contributed by atoms with van der Waals surface area (Å²) >= 11 is 0. The maximum Gasteiger partial charge on any atom is 0.147 e. The molecular formula is C9H9N5. The van der Waals surface area contributed by atoms with Crippen molar-refractivity contribution in [2.24, 2.45) is 5.73 Å². The monoisotopic (exact) mass is 187 g/mol. The lowest BCUT2D eigenvalue weighted by Gasteiger charge is -1.96. The van der Waals surface area contributed by atoms with Crippen molar-refractivity contribution in [1.29, 1.82) is 5.41 Å². The number of nitrogen functional groups attached to an aromatic ring is 1. The molecule has 2 aromatic rings. The van der Waals surface area contributed by atoms with Gasteiger partial charge >= 0.3 is 0 Å². The minimum Gasteiger partial charge on any atom is -0.382 e. The molecule has 0 saturated heterocycles. The van der Waals surface area contributed by atoms with Crippen molar-refractivity contribution in [3.8, 4) is 5.69 Å². The van der Waals surface area contributed by atoms with Crippen molar-refractivity contribution in [1.82, 2.24) is 15.0 Å². The standard InChI is InChI=1S/C9H9N5/c10-9(11)8-6-14(13-12-8)7-4-2-1-3-5-7/h1-6H,(H3,10,11). The number of para-hydroxylation sites is 1. The average Bonchev–Trinajstić information content (AvgIpc) is 2.68. The number of aromatic nitrogens is 3. The fraction of sp³-hybridized carbons (Fsp3) is 0. The predicted octanol–water partition coefficient (Wildman–Crippen LogP) is 0.551. The highest BCUT2D eigenvalue weighted by Crippen LogP contribution is 2.04. The molecule has 5 nitrogen and oxygen atoms in total. The number of rotatable bonds is 2. The van der Waals surface area contributed by atoms with Crippen LogP contribution < -0.4 is 5.73 Å². The van der Waals surface area contributed by atoms with Crippen LogP contribution in [-0.4, -0.2) is 20.8 Å². The summed E-state index contributed by atoms with van der Waals surface area (Å²) in [6, 6.07) is 9.54. The molecule has 0 spiro atoms. The largest absolute Gasteiger partial charge is 0.382 e. The molecule has 1 aromatic carbocycles. The Kier molecular flexibility index (Phi) is 1.98. The zero-order chi connectivity index (χ0) is 9.97. The predicted molar refractivity (Wildman–Crippen MR) is 52.4 cm³/mol. The molecule has 0 aliphatic rings. The quantitative estimate of drug-likeness (QED) is 0.532. The molecule has 0 aliphatic carbocycles. The Bertz CT molecular complexity index is 445. The van der Waals surface area contributed by atoms with E-state index in [1.807, 2.05) is 30.3 Å². The Balaban J connectivity index is 2.39. The molecule has 3 N–H and O–H groups in total. The van der Waals surface area contributed by atoms with Crippen LogP contribution in [0.1, 0.15) is 5.69 Å². The van der Waals surface area contributed by atoms with E-state index in [0.717, 1.165) is 5.69 Å². The van der Waals surface area contributed by atoms with Crippen molar-refractivity contribution in [2.45, 2.75) is 0 Å². The summed E-state index contributed by atoms with van der Waals surface area (Å²) in [6.07, 6.45) is 1.62. The first-order valence-electron chi connectivity index (χ1n) is 4.09. The molecule has 1 heterocycles. The van der Waals surface area contributed by atoms with Gasteiger partial charge in [-0.3, -0.25) is 5.41 Å². The molecule has 1 aromatic heterocycles. The van der Waals surface area contributed by atoms with E-state index in [1.54, 1.807) is 10.9 Å². The summed E-state index contributed by atoms with van der Waals surface area (Å²) in [7, 11) is 0. The minimum atomic E-state index is -0.0767. The first kappa shape index (κ1) is 8.43. The van der Waals surface area contributed by atoms with Gasteiger partial charge in [0.15, 0.2) is 0 Å². The minimum absolute atomic E-state index is 0.0767. The second-order valence-corrected chi connectivity index (χ2v) is 2.80. The number of amidine groups is 1. The average molecular weight is 187 g/mol. The van der Waals surface area contributed by atoms with E-state index in [9.17, 15) is 0 Å². The van der Waals surface area contributed by atoms with Gasteiger partial charge in [0.05, 0.1) is 11.9 Å². The van der Waals surface area contributed by atoms with E-state index >= 15 is 0 Å². The van der Waals surface area contributed by atoms with Gasteiger partial charge < -0.3 is 5.73 Å². The fourth-order valence-corrected chi connectivity index (χ4v) is 1.09. The van der Waals surface area contributed by atoms with Gasteiger partial charge in [-0.1, -0.05) is 23.4 Å². The number of nitrogens with zero attached hydrogens (tertiary/aromatic N) is 3. The molecule has 0 unspecified atom stereocenters. The molecule has 0 amide bonds. The first-order valence-corrected chi connectivity index (χ1v) is 4.09. The summed E-state index contributed by atoms with van der Waals surface area (Å²) < 4.78 is 1.58. The van der Waals surface area contributed by atoms with Crippen LogP contribution in [0.4, 0.5) is 0 Å². The molecular weight excluding hydrogens is 178 g/mol. The van der Waals surface area contributed by atoms with Gasteiger partial charge in [0, 0.05) is 0 Å². The molecule has 14 heavy (non-hydrogen) atoms. The molecule has 0 fully saturated rings. The van der Waals surface area contributed by atoms with Gasteiger partial charge in [0.2, 0.25) is 0 Å². The van der Waals surface area contributed by atoms with Crippen molar-refractivity contribution in [2.75, 3.05) is 0 Å². The third-order valence-corrected chi connectivity index (χ3v) is 1.79. The summed E-state index contributed by atoms with van der Waals surface area (Å²) in [5, 5.41) is 14.8. The maximum atomic E-state index is 7.17. The second kappa shape index (κ2) is 3.29. The van der Waals surface area contributed by atoms with Gasteiger partial charge in [-0.05, 0) is 12.1 Å². The van der Waals surface area contributed by atoms with Gasteiger partial charge in [0.1, 0.15) is 11.5 Å². The van der Waals surface area contributed by atoms with Crippen LogP contribution >= 0.6 is 0 Å². The van der Waals surface area contributed by atoms with Crippen molar-refractivity contribution in [3.63, 3.8) is 0 Å². The molecule has 2 rings (SSSR count). The molecule has 0 saturated carbocycles. The molecule has 0 radical (unpaired) electrons. The van der Waals surface area contributed by atoms with Crippen molar-refractivity contribution < 1.29 is 0 Å². The number of hydrogen-bond acceptors (Lipinski definition) is 3. The normalized spacial score (nSPS) is 10.0. The summed E-state index contributed by atoms with van der Waals surface area (Å²) in [5.74, 6) is -0.0767. The van der Waals surface area contributed by atoms with Crippen LogP contribution in [-0.2, 0) is 0 Å². The van der Waals surface area contributed by atoms with Crippen LogP contribution in [0.5, 0.6) is 0 Å². The van der Waals surface area contributed by atoms with E-state index < -0.39 is 0 Å². The zero-order valence-corrected chi connectivity index (χ0v) is 7.38. The second-order valence-electron chi connectivity index (χ2n) is 2.80. The van der Waals surface area contributed by atoms with Gasteiger partial charge in [-0.25, -0.2) is 4.68 Å². The highest BCUT2D eigenvalue weighted by Gasteiger charge is 2.03. The van der Waals surface area contributed by atoms with Gasteiger partial charge in [0.25, 0.3) is 0 Å². The maximum absolute atomic E-state index is 7.17. The fourth-order valence-electron chi connectivity index (χ4n) is 1.09. The first-order chi connectivity index (χ1) is 6.77. The molecule has 70 valence electrons. The summed E-state index contributed by atoms with van der Waals surface area (Å²) in [6.45, 7) is 0. The Morgan fingerprint density at radius 3 is 2.57 bits per heavy atom. The van der Waals surface area contributed by atoms with Crippen LogP contribution in [0.3, 0.4) is 0 Å². The van der Waals surface area contributed by atoms with Gasteiger partial charge in [-0.15, -0.1) is 5.10 Å². The van der Waals surface area contributed by atoms with Crippen molar-refractivity contribution >= 4 is 5.84 Å². The molecule has 0 aliphatic heterocycles. The van der Waals surface area contributed by atoms with Crippen LogP contribution in [0, 0.1) is 5.41 Å². The summed E-state index contributed by atoms with van der Waals surface area (Å²) in [4.78, 5) is 0. The van der Waals surface area contributed by atoms with Crippen LogP contribution in [0.25, 0.3) is 5.69 Å². The van der Waals surface area contributed by atoms with E-state index in [4.69, 9.17) is 11.1 Å². The summed E-state index contributed by atoms with van der Waals surface area (Å²) in [5.41, 5.74) is 6.55. The zero-order valence-electron chi connectivity index (χ0n) is 7.38. The third-order valence-electron chi connectivity index (χ3n) is 1.79. The number of hydrogen-bond donors (Lipinski definition) is 2. The Labute approximate surface area is 80.7 Å². The smallest absolute Gasteiger partial charge is 0.147 e. The highest BCUT2D eigenvalue weighted by atomic mass is 15.4. The number of benzene rings is 1. The topological polar surface area (TPSA) is 80.6 Å². The van der Waals surface area contributed by atoms with E-state index in [-0.39, 0.29) is 5.84 Å². The highest BCUT2D eigenvalue weighted by molar-refractivity contribution is 5.92. The molecule has 0 atom stereocenters. The lowest BCUT2D eigenvalue weighted by Crippen LogP contribution is -2.11. The third kappa shape index (κ3) is 1.47. The Morgan fingerprint density at radius 1 is 1.29 bits per heavy atom. The number of nitrogens with two attached hydrogens (primary N) is 1. The van der Waals surface area contributed by atoms with Crippen LogP contribution in [0.2, 0.25) is 0 Å². The van der Waals surface area contributed by atoms with Gasteiger partial charge in [-0.2, -0.15) is 0 Å². The lowest BCUT2D eigenvalue weighted by atomic mass is 10.3. The Morgan fingerprint density at radius 2 is 2.00 bits per heavy atom. The molecule has 0 bridgehead atoms. The van der Waals surface area contributed by atoms with Crippen LogP contribution in [0.15, 0.2) is 36.5 Å². The number of nitrogens with one attached hydrogen (secondary N) is 1. The van der Waals surface area contributed by atoms with E-state index in [2.05, 4.69) is 10.3 Å².